The van der Waals surface area contributed by atoms with Crippen LogP contribution >= 0.6 is 11.6 Å². The standard InChI is InChI=1S/C22H27ClN4O4/c1-15-19(21(29)30-3)13-18(31-15)14-25-22(24-2)27-9-7-26(8-10-27)20(28)12-16-5-4-6-17(23)11-16/h4-6,11,13H,7-10,12,14H2,1-3H3,(H,24,25). The fourth-order valence-corrected chi connectivity index (χ4v) is 3.76. The second-order valence-electron chi connectivity index (χ2n) is 7.25. The molecule has 3 rings (SSSR count). The van der Waals surface area contributed by atoms with Gasteiger partial charge < -0.3 is 24.3 Å². The summed E-state index contributed by atoms with van der Waals surface area (Å²) < 4.78 is 10.4. The number of halogens is 1. The number of piperazine rings is 1. The maximum absolute atomic E-state index is 12.6. The van der Waals surface area contributed by atoms with Crippen molar-refractivity contribution in [2.45, 2.75) is 19.9 Å². The number of hydrogen-bond donors (Lipinski definition) is 1. The lowest BCUT2D eigenvalue weighted by Gasteiger charge is -2.36. The molecule has 1 aromatic heterocycles. The summed E-state index contributed by atoms with van der Waals surface area (Å²) in [4.78, 5) is 32.6. The van der Waals surface area contributed by atoms with Crippen LogP contribution in [0.1, 0.15) is 27.4 Å². The molecule has 0 radical (unpaired) electrons. The first-order chi connectivity index (χ1) is 14.9. The number of aliphatic imine (C=N–C) groups is 1. The van der Waals surface area contributed by atoms with Crippen LogP contribution in [0, 0.1) is 6.92 Å². The number of benzene rings is 1. The van der Waals surface area contributed by atoms with E-state index in [0.717, 1.165) is 11.5 Å². The molecule has 1 aliphatic heterocycles. The number of ether oxygens (including phenoxy) is 1. The minimum absolute atomic E-state index is 0.0891. The largest absolute Gasteiger partial charge is 0.465 e. The third kappa shape index (κ3) is 5.79. The van der Waals surface area contributed by atoms with Crippen molar-refractivity contribution >= 4 is 29.4 Å². The van der Waals surface area contributed by atoms with E-state index < -0.39 is 5.97 Å². The molecular weight excluding hydrogens is 420 g/mol. The van der Waals surface area contributed by atoms with E-state index in [-0.39, 0.29) is 5.91 Å². The molecule has 2 heterocycles. The third-order valence-corrected chi connectivity index (χ3v) is 5.42. The van der Waals surface area contributed by atoms with Gasteiger partial charge in [-0.05, 0) is 30.7 Å². The fraction of sp³-hybridized carbons (Fsp3) is 0.409. The van der Waals surface area contributed by atoms with E-state index >= 15 is 0 Å². The van der Waals surface area contributed by atoms with Gasteiger partial charge in [-0.2, -0.15) is 0 Å². The van der Waals surface area contributed by atoms with Crippen LogP contribution in [0.2, 0.25) is 5.02 Å². The third-order valence-electron chi connectivity index (χ3n) is 5.18. The molecule has 8 nitrogen and oxygen atoms in total. The number of aryl methyl sites for hydroxylation is 1. The molecular formula is C22H27ClN4O4. The summed E-state index contributed by atoms with van der Waals surface area (Å²) in [6.07, 6.45) is 0.341. The molecule has 2 aromatic rings. The maximum Gasteiger partial charge on any atom is 0.341 e. The van der Waals surface area contributed by atoms with Crippen molar-refractivity contribution < 1.29 is 18.7 Å². The zero-order chi connectivity index (χ0) is 22.4. The minimum Gasteiger partial charge on any atom is -0.465 e. The molecule has 166 valence electrons. The highest BCUT2D eigenvalue weighted by atomic mass is 35.5. The summed E-state index contributed by atoms with van der Waals surface area (Å²) in [5.41, 5.74) is 1.33. The molecule has 1 fully saturated rings. The zero-order valence-corrected chi connectivity index (χ0v) is 18.7. The van der Waals surface area contributed by atoms with Crippen LogP contribution in [0.5, 0.6) is 0 Å². The molecule has 1 saturated heterocycles. The van der Waals surface area contributed by atoms with Gasteiger partial charge in [-0.15, -0.1) is 0 Å². The van der Waals surface area contributed by atoms with Gasteiger partial charge in [0, 0.05) is 38.2 Å². The van der Waals surface area contributed by atoms with Gasteiger partial charge in [0.1, 0.15) is 17.1 Å². The number of carbonyl (C=O) groups is 2. The van der Waals surface area contributed by atoms with Crippen molar-refractivity contribution in [1.82, 2.24) is 15.1 Å². The van der Waals surface area contributed by atoms with Crippen molar-refractivity contribution in [3.8, 4) is 0 Å². The number of methoxy groups -OCH3 is 1. The molecule has 1 amide bonds. The average Bonchev–Trinajstić information content (AvgIpc) is 3.14. The van der Waals surface area contributed by atoms with E-state index in [1.54, 1.807) is 26.1 Å². The van der Waals surface area contributed by atoms with Gasteiger partial charge in [0.25, 0.3) is 0 Å². The molecule has 31 heavy (non-hydrogen) atoms. The number of rotatable bonds is 5. The van der Waals surface area contributed by atoms with Crippen molar-refractivity contribution in [1.29, 1.82) is 0 Å². The molecule has 1 aromatic carbocycles. The van der Waals surface area contributed by atoms with Crippen molar-refractivity contribution in [3.05, 3.63) is 58.0 Å². The number of carbonyl (C=O) groups excluding carboxylic acids is 2. The number of nitrogens with one attached hydrogen (secondary N) is 1. The molecule has 0 atom stereocenters. The number of hydrogen-bond acceptors (Lipinski definition) is 5. The Labute approximate surface area is 186 Å². The van der Waals surface area contributed by atoms with E-state index in [1.807, 2.05) is 23.1 Å². The zero-order valence-electron chi connectivity index (χ0n) is 18.0. The van der Waals surface area contributed by atoms with Crippen LogP contribution in [0.3, 0.4) is 0 Å². The Kier molecular flexibility index (Phi) is 7.57. The first-order valence-electron chi connectivity index (χ1n) is 10.1. The number of guanidine groups is 1. The molecule has 0 saturated carbocycles. The lowest BCUT2D eigenvalue weighted by Crippen LogP contribution is -2.53. The van der Waals surface area contributed by atoms with Crippen LogP contribution in [-0.2, 0) is 22.5 Å². The normalized spacial score (nSPS) is 14.5. The Balaban J connectivity index is 1.51. The topological polar surface area (TPSA) is 87.4 Å². The minimum atomic E-state index is -0.421. The summed E-state index contributed by atoms with van der Waals surface area (Å²) in [6, 6.07) is 9.06. The molecule has 0 spiro atoms. The van der Waals surface area contributed by atoms with E-state index in [1.165, 1.54) is 7.11 Å². The van der Waals surface area contributed by atoms with E-state index in [9.17, 15) is 9.59 Å². The molecule has 0 unspecified atom stereocenters. The Morgan fingerprint density at radius 3 is 2.55 bits per heavy atom. The van der Waals surface area contributed by atoms with Crippen LogP contribution in [0.4, 0.5) is 0 Å². The number of esters is 1. The van der Waals surface area contributed by atoms with Gasteiger partial charge >= 0.3 is 5.97 Å². The number of furan rings is 1. The number of amides is 1. The van der Waals surface area contributed by atoms with Crippen molar-refractivity contribution in [3.63, 3.8) is 0 Å². The fourth-order valence-electron chi connectivity index (χ4n) is 3.54. The predicted molar refractivity (Wildman–Crippen MR) is 118 cm³/mol. The highest BCUT2D eigenvalue weighted by Gasteiger charge is 2.23. The second kappa shape index (κ2) is 10.3. The lowest BCUT2D eigenvalue weighted by molar-refractivity contribution is -0.131. The van der Waals surface area contributed by atoms with Gasteiger partial charge in [0.2, 0.25) is 5.91 Å². The van der Waals surface area contributed by atoms with Crippen LogP contribution in [-0.4, -0.2) is 68.0 Å². The van der Waals surface area contributed by atoms with Crippen LogP contribution < -0.4 is 5.32 Å². The van der Waals surface area contributed by atoms with Crippen molar-refractivity contribution in [2.75, 3.05) is 40.3 Å². The van der Waals surface area contributed by atoms with E-state index in [0.29, 0.717) is 61.3 Å². The molecule has 0 aliphatic carbocycles. The van der Waals surface area contributed by atoms with Gasteiger partial charge in [-0.1, -0.05) is 23.7 Å². The Morgan fingerprint density at radius 1 is 1.19 bits per heavy atom. The summed E-state index contributed by atoms with van der Waals surface area (Å²) >= 11 is 6.01. The SMILES string of the molecule is CN=C(NCc1cc(C(=O)OC)c(C)o1)N1CCN(C(=O)Cc2cccc(Cl)c2)CC1. The molecule has 0 bridgehead atoms. The summed E-state index contributed by atoms with van der Waals surface area (Å²) in [6.45, 7) is 4.69. The Hall–Kier alpha value is -3.00. The molecule has 9 heteroatoms. The van der Waals surface area contributed by atoms with Crippen LogP contribution in [0.15, 0.2) is 39.7 Å². The predicted octanol–water partition coefficient (Wildman–Crippen LogP) is 2.49. The Morgan fingerprint density at radius 2 is 1.90 bits per heavy atom. The second-order valence-corrected chi connectivity index (χ2v) is 7.69. The highest BCUT2D eigenvalue weighted by molar-refractivity contribution is 6.30. The smallest absolute Gasteiger partial charge is 0.341 e. The van der Waals surface area contributed by atoms with E-state index in [2.05, 4.69) is 15.2 Å². The summed E-state index contributed by atoms with van der Waals surface area (Å²) in [5, 5.41) is 3.89. The summed E-state index contributed by atoms with van der Waals surface area (Å²) in [7, 11) is 3.06. The van der Waals surface area contributed by atoms with Gasteiger partial charge in [0.05, 0.1) is 20.1 Å². The van der Waals surface area contributed by atoms with Gasteiger partial charge in [-0.3, -0.25) is 9.79 Å². The monoisotopic (exact) mass is 446 g/mol. The van der Waals surface area contributed by atoms with E-state index in [4.69, 9.17) is 20.8 Å². The average molecular weight is 447 g/mol. The van der Waals surface area contributed by atoms with Crippen molar-refractivity contribution in [2.24, 2.45) is 4.99 Å². The van der Waals surface area contributed by atoms with Crippen LogP contribution in [0.25, 0.3) is 0 Å². The quantitative estimate of drug-likeness (QED) is 0.431. The summed E-state index contributed by atoms with van der Waals surface area (Å²) in [5.74, 6) is 1.53. The number of nitrogens with zero attached hydrogens (tertiary/aromatic N) is 3. The molecule has 1 aliphatic rings. The Bertz CT molecular complexity index is 964. The first kappa shape index (κ1) is 22.7. The molecule has 1 N–H and O–H groups in total. The van der Waals surface area contributed by atoms with Gasteiger partial charge in [-0.25, -0.2) is 4.79 Å². The first-order valence-corrected chi connectivity index (χ1v) is 10.4. The maximum atomic E-state index is 12.6. The lowest BCUT2D eigenvalue weighted by atomic mass is 10.1. The highest BCUT2D eigenvalue weighted by Crippen LogP contribution is 2.16. The van der Waals surface area contributed by atoms with Gasteiger partial charge in [0.15, 0.2) is 5.96 Å².